The van der Waals surface area contributed by atoms with Crippen LogP contribution in [0.25, 0.3) is 0 Å². The molecule has 0 aliphatic carbocycles. The van der Waals surface area contributed by atoms with Gasteiger partial charge in [-0.15, -0.1) is 16.8 Å². The molecule has 3 rings (SSSR count). The molecule has 7 nitrogen and oxygen atoms in total. The van der Waals surface area contributed by atoms with Crippen molar-refractivity contribution in [2.45, 2.75) is 18.3 Å². The second kappa shape index (κ2) is 11.1. The monoisotopic (exact) mass is 478 g/mol. The predicted molar refractivity (Wildman–Crippen MR) is 123 cm³/mol. The van der Waals surface area contributed by atoms with Gasteiger partial charge in [0.15, 0.2) is 11.0 Å². The normalized spacial score (nSPS) is 10.5. The summed E-state index contributed by atoms with van der Waals surface area (Å²) in [4.78, 5) is 12.4. The summed E-state index contributed by atoms with van der Waals surface area (Å²) >= 11 is 13.3. The van der Waals surface area contributed by atoms with E-state index in [-0.39, 0.29) is 18.3 Å². The Kier molecular flexibility index (Phi) is 8.22. The second-order valence-electron chi connectivity index (χ2n) is 6.20. The van der Waals surface area contributed by atoms with Crippen LogP contribution in [0.1, 0.15) is 5.82 Å². The van der Waals surface area contributed by atoms with E-state index in [0.717, 1.165) is 0 Å². The van der Waals surface area contributed by atoms with Gasteiger partial charge in [-0.2, -0.15) is 0 Å². The molecule has 10 heteroatoms. The van der Waals surface area contributed by atoms with Crippen LogP contribution in [0.3, 0.4) is 0 Å². The lowest BCUT2D eigenvalue weighted by molar-refractivity contribution is -0.113. The van der Waals surface area contributed by atoms with E-state index in [9.17, 15) is 4.79 Å². The topological polar surface area (TPSA) is 78.3 Å². The van der Waals surface area contributed by atoms with Gasteiger partial charge in [0.2, 0.25) is 5.91 Å². The average Bonchev–Trinajstić information content (AvgIpc) is 3.14. The number of carbonyl (C=O) groups is 1. The molecule has 0 unspecified atom stereocenters. The van der Waals surface area contributed by atoms with E-state index < -0.39 is 0 Å². The number of thioether (sulfide) groups is 1. The molecule has 0 saturated carbocycles. The Labute approximate surface area is 194 Å². The first kappa shape index (κ1) is 23.0. The van der Waals surface area contributed by atoms with Crippen LogP contribution in [0, 0.1) is 0 Å². The standard InChI is InChI=1S/C21H20Cl2N4O3S/c1-3-10-27-19(12-30-17-9-8-14(22)11-15(17)23)25-26-21(27)31-13-20(28)24-16-6-4-5-7-18(16)29-2/h3-9,11H,1,10,12-13H2,2H3,(H,24,28). The smallest absolute Gasteiger partial charge is 0.234 e. The van der Waals surface area contributed by atoms with Gasteiger partial charge in [-0.3, -0.25) is 9.36 Å². The third-order valence-corrected chi connectivity index (χ3v) is 5.57. The minimum Gasteiger partial charge on any atom is -0.495 e. The molecule has 0 spiro atoms. The molecule has 0 atom stereocenters. The quantitative estimate of drug-likeness (QED) is 0.323. The highest BCUT2D eigenvalue weighted by atomic mass is 35.5. The first-order valence-electron chi connectivity index (χ1n) is 9.18. The predicted octanol–water partition coefficient (Wildman–Crippen LogP) is 5.09. The van der Waals surface area contributed by atoms with E-state index >= 15 is 0 Å². The number of hydrogen-bond donors (Lipinski definition) is 1. The Bertz CT molecular complexity index is 1070. The maximum atomic E-state index is 12.4. The number of nitrogens with one attached hydrogen (secondary N) is 1. The molecule has 31 heavy (non-hydrogen) atoms. The van der Waals surface area contributed by atoms with E-state index in [0.29, 0.717) is 44.8 Å². The summed E-state index contributed by atoms with van der Waals surface area (Å²) in [6.07, 6.45) is 1.72. The Morgan fingerprint density at radius 2 is 2.03 bits per heavy atom. The number of carbonyl (C=O) groups excluding carboxylic acids is 1. The van der Waals surface area contributed by atoms with E-state index in [2.05, 4.69) is 22.1 Å². The Balaban J connectivity index is 1.64. The van der Waals surface area contributed by atoms with Crippen LogP contribution in [0.5, 0.6) is 11.5 Å². The van der Waals surface area contributed by atoms with E-state index in [1.54, 1.807) is 43.5 Å². The Hall–Kier alpha value is -2.68. The zero-order chi connectivity index (χ0) is 22.2. The minimum atomic E-state index is -0.187. The van der Waals surface area contributed by atoms with Crippen molar-refractivity contribution in [2.75, 3.05) is 18.2 Å². The largest absolute Gasteiger partial charge is 0.495 e. The lowest BCUT2D eigenvalue weighted by atomic mass is 10.3. The number of rotatable bonds is 10. The molecule has 1 heterocycles. The number of hydrogen-bond acceptors (Lipinski definition) is 6. The zero-order valence-electron chi connectivity index (χ0n) is 16.7. The van der Waals surface area contributed by atoms with Crippen molar-refractivity contribution in [3.63, 3.8) is 0 Å². The Morgan fingerprint density at radius 1 is 1.23 bits per heavy atom. The fourth-order valence-electron chi connectivity index (χ4n) is 2.64. The van der Waals surface area contributed by atoms with Gasteiger partial charge >= 0.3 is 0 Å². The number of amides is 1. The van der Waals surface area contributed by atoms with Crippen LogP contribution in [-0.4, -0.2) is 33.5 Å². The number of methoxy groups -OCH3 is 1. The van der Waals surface area contributed by atoms with E-state index in [1.165, 1.54) is 11.8 Å². The van der Waals surface area contributed by atoms with Gasteiger partial charge in [0.05, 0.1) is 23.6 Å². The molecule has 0 radical (unpaired) electrons. The molecule has 162 valence electrons. The van der Waals surface area contributed by atoms with Gasteiger partial charge < -0.3 is 14.8 Å². The number of ether oxygens (including phenoxy) is 2. The summed E-state index contributed by atoms with van der Waals surface area (Å²) in [5.41, 5.74) is 0.608. The van der Waals surface area contributed by atoms with Crippen molar-refractivity contribution in [3.05, 3.63) is 71.0 Å². The third kappa shape index (κ3) is 6.16. The fraction of sp³-hybridized carbons (Fsp3) is 0.190. The van der Waals surface area contributed by atoms with Crippen LogP contribution >= 0.6 is 35.0 Å². The first-order valence-corrected chi connectivity index (χ1v) is 10.9. The van der Waals surface area contributed by atoms with Gasteiger partial charge in [-0.1, -0.05) is 53.2 Å². The van der Waals surface area contributed by atoms with Crippen LogP contribution in [-0.2, 0) is 17.9 Å². The maximum absolute atomic E-state index is 12.4. The van der Waals surface area contributed by atoms with Crippen LogP contribution < -0.4 is 14.8 Å². The summed E-state index contributed by atoms with van der Waals surface area (Å²) in [7, 11) is 1.55. The molecule has 1 N–H and O–H groups in total. The molecule has 0 aliphatic heterocycles. The number of benzene rings is 2. The number of halogens is 2. The Morgan fingerprint density at radius 3 is 2.77 bits per heavy atom. The third-order valence-electron chi connectivity index (χ3n) is 4.07. The van der Waals surface area contributed by atoms with E-state index in [1.807, 2.05) is 16.7 Å². The van der Waals surface area contributed by atoms with Crippen LogP contribution in [0.15, 0.2) is 60.3 Å². The second-order valence-corrected chi connectivity index (χ2v) is 7.98. The van der Waals surface area contributed by atoms with Gasteiger partial charge in [-0.05, 0) is 30.3 Å². The SMILES string of the molecule is C=CCn1c(COc2ccc(Cl)cc2Cl)nnc1SCC(=O)Nc1ccccc1OC. The van der Waals surface area contributed by atoms with Crippen LogP contribution in [0.4, 0.5) is 5.69 Å². The summed E-state index contributed by atoms with van der Waals surface area (Å²) in [5.74, 6) is 1.63. The molecule has 1 amide bonds. The number of allylic oxidation sites excluding steroid dienone is 1. The van der Waals surface area contributed by atoms with Crippen molar-refractivity contribution in [1.29, 1.82) is 0 Å². The fourth-order valence-corrected chi connectivity index (χ4v) is 3.87. The van der Waals surface area contributed by atoms with Gasteiger partial charge in [0.1, 0.15) is 18.1 Å². The van der Waals surface area contributed by atoms with Crippen molar-refractivity contribution in [3.8, 4) is 11.5 Å². The molecule has 3 aromatic rings. The lowest BCUT2D eigenvalue weighted by Crippen LogP contribution is -2.15. The molecule has 0 bridgehead atoms. The van der Waals surface area contributed by atoms with Gasteiger partial charge in [0, 0.05) is 11.6 Å². The zero-order valence-corrected chi connectivity index (χ0v) is 19.0. The van der Waals surface area contributed by atoms with Gasteiger partial charge in [-0.25, -0.2) is 0 Å². The van der Waals surface area contributed by atoms with Crippen molar-refractivity contribution in [1.82, 2.24) is 14.8 Å². The highest BCUT2D eigenvalue weighted by Crippen LogP contribution is 2.28. The molecule has 0 aliphatic rings. The summed E-state index contributed by atoms with van der Waals surface area (Å²) < 4.78 is 12.8. The molecular weight excluding hydrogens is 459 g/mol. The number of para-hydroxylation sites is 2. The summed E-state index contributed by atoms with van der Waals surface area (Å²) in [6, 6.07) is 12.2. The molecule has 0 saturated heterocycles. The minimum absolute atomic E-state index is 0.149. The first-order chi connectivity index (χ1) is 15.0. The van der Waals surface area contributed by atoms with Crippen molar-refractivity contribution in [2.24, 2.45) is 0 Å². The highest BCUT2D eigenvalue weighted by Gasteiger charge is 2.15. The number of anilines is 1. The summed E-state index contributed by atoms with van der Waals surface area (Å²) in [6.45, 7) is 4.39. The van der Waals surface area contributed by atoms with Crippen molar-refractivity contribution >= 4 is 46.6 Å². The molecular formula is C21H20Cl2N4O3S. The van der Waals surface area contributed by atoms with Crippen molar-refractivity contribution < 1.29 is 14.3 Å². The average molecular weight is 479 g/mol. The lowest BCUT2D eigenvalue weighted by Gasteiger charge is -2.11. The number of aromatic nitrogens is 3. The number of nitrogens with zero attached hydrogens (tertiary/aromatic N) is 3. The van der Waals surface area contributed by atoms with Gasteiger partial charge in [0.25, 0.3) is 0 Å². The maximum Gasteiger partial charge on any atom is 0.234 e. The van der Waals surface area contributed by atoms with E-state index in [4.69, 9.17) is 32.7 Å². The molecule has 0 fully saturated rings. The summed E-state index contributed by atoms with van der Waals surface area (Å²) in [5, 5.41) is 12.7. The van der Waals surface area contributed by atoms with Crippen LogP contribution in [0.2, 0.25) is 10.0 Å². The molecule has 1 aromatic heterocycles. The molecule has 2 aromatic carbocycles. The highest BCUT2D eigenvalue weighted by molar-refractivity contribution is 7.99.